The predicted octanol–water partition coefficient (Wildman–Crippen LogP) is 1.64. The van der Waals surface area contributed by atoms with E-state index in [4.69, 9.17) is 5.73 Å². The molecule has 0 spiro atoms. The number of non-ortho nitro benzene ring substituents is 1. The maximum absolute atomic E-state index is 10.7. The minimum atomic E-state index is -0.554. The van der Waals surface area contributed by atoms with Crippen LogP contribution in [0.1, 0.15) is 11.1 Å². The van der Waals surface area contributed by atoms with Gasteiger partial charge in [0.05, 0.1) is 11.0 Å². The Hall–Kier alpha value is -2.32. The highest BCUT2D eigenvalue weighted by Gasteiger charge is 2.22. The summed E-state index contributed by atoms with van der Waals surface area (Å²) in [5, 5.41) is 21.2. The summed E-state index contributed by atoms with van der Waals surface area (Å²) in [5.41, 5.74) is 8.53. The maximum atomic E-state index is 10.7. The second kappa shape index (κ2) is 9.75. The molecule has 0 bridgehead atoms. The van der Waals surface area contributed by atoms with Crippen molar-refractivity contribution in [1.82, 2.24) is 9.80 Å². The fourth-order valence-corrected chi connectivity index (χ4v) is 3.53. The van der Waals surface area contributed by atoms with Crippen LogP contribution in [0.2, 0.25) is 0 Å². The number of benzene rings is 2. The van der Waals surface area contributed by atoms with Gasteiger partial charge in [0.1, 0.15) is 0 Å². The lowest BCUT2D eigenvalue weighted by Gasteiger charge is -2.36. The average Bonchev–Trinajstić information content (AvgIpc) is 2.70. The number of nitrogens with two attached hydrogens (primary N) is 1. The van der Waals surface area contributed by atoms with Gasteiger partial charge in [0.2, 0.25) is 0 Å². The quantitative estimate of drug-likeness (QED) is 0.531. The number of aliphatic hydroxyl groups excluding tert-OH is 1. The number of hydrogen-bond acceptors (Lipinski definition) is 6. The molecule has 3 N–H and O–H groups in total. The summed E-state index contributed by atoms with van der Waals surface area (Å²) in [6.07, 6.45) is 0.115. The Morgan fingerprint density at radius 2 is 1.57 bits per heavy atom. The summed E-state index contributed by atoms with van der Waals surface area (Å²) in [7, 11) is 0. The van der Waals surface area contributed by atoms with Gasteiger partial charge < -0.3 is 10.8 Å². The first-order valence-corrected chi connectivity index (χ1v) is 9.67. The molecular weight excluding hydrogens is 356 g/mol. The van der Waals surface area contributed by atoms with Crippen molar-refractivity contribution in [3.05, 3.63) is 75.8 Å². The number of aliphatic hydroxyl groups is 1. The van der Waals surface area contributed by atoms with Crippen molar-refractivity contribution >= 4 is 5.69 Å². The number of hydrogen-bond donors (Lipinski definition) is 2. The predicted molar refractivity (Wildman–Crippen MR) is 109 cm³/mol. The van der Waals surface area contributed by atoms with Crippen molar-refractivity contribution in [2.24, 2.45) is 5.73 Å². The third kappa shape index (κ3) is 5.84. The molecule has 1 saturated heterocycles. The molecular formula is C21H28N4O3. The summed E-state index contributed by atoms with van der Waals surface area (Å²) in [6, 6.07) is 16.5. The second-order valence-electron chi connectivity index (χ2n) is 7.42. The Morgan fingerprint density at radius 1 is 0.964 bits per heavy atom. The summed E-state index contributed by atoms with van der Waals surface area (Å²) in [5.74, 6) is 0. The summed E-state index contributed by atoms with van der Waals surface area (Å²) >= 11 is 0. The van der Waals surface area contributed by atoms with Gasteiger partial charge in [0.25, 0.3) is 5.69 Å². The van der Waals surface area contributed by atoms with Crippen LogP contribution in [0, 0.1) is 10.1 Å². The molecule has 0 aromatic heterocycles. The van der Waals surface area contributed by atoms with Crippen molar-refractivity contribution in [2.75, 3.05) is 32.7 Å². The van der Waals surface area contributed by atoms with Gasteiger partial charge in [0, 0.05) is 57.4 Å². The van der Waals surface area contributed by atoms with Gasteiger partial charge in [-0.05, 0) is 17.5 Å². The van der Waals surface area contributed by atoms with Crippen LogP contribution in [-0.4, -0.2) is 64.7 Å². The molecule has 2 aromatic rings. The monoisotopic (exact) mass is 384 g/mol. The maximum Gasteiger partial charge on any atom is 0.269 e. The van der Waals surface area contributed by atoms with E-state index in [-0.39, 0.29) is 16.7 Å². The van der Waals surface area contributed by atoms with Gasteiger partial charge in [-0.15, -0.1) is 0 Å². The summed E-state index contributed by atoms with van der Waals surface area (Å²) in [6.45, 7) is 4.92. The zero-order valence-electron chi connectivity index (χ0n) is 16.0. The van der Waals surface area contributed by atoms with E-state index < -0.39 is 6.10 Å². The standard InChI is InChI=1S/C21H28N4O3/c22-20(14-17-4-2-1-3-5-17)21(26)16-24-12-10-23(11-13-24)15-18-6-8-19(9-7-18)25(27)28/h1-9,20-21,26H,10-16,22H2/t20-,21+/m0/s1. The lowest BCUT2D eigenvalue weighted by atomic mass is 10.0. The Bertz CT molecular complexity index is 746. The molecule has 28 heavy (non-hydrogen) atoms. The third-order valence-electron chi connectivity index (χ3n) is 5.27. The smallest absolute Gasteiger partial charge is 0.269 e. The van der Waals surface area contributed by atoms with Crippen LogP contribution in [-0.2, 0) is 13.0 Å². The van der Waals surface area contributed by atoms with Crippen molar-refractivity contribution in [3.8, 4) is 0 Å². The fraction of sp³-hybridized carbons (Fsp3) is 0.429. The van der Waals surface area contributed by atoms with E-state index in [1.807, 2.05) is 42.5 Å². The molecule has 2 atom stereocenters. The number of rotatable bonds is 8. The SMILES string of the molecule is N[C@@H](Cc1ccccc1)[C@H](O)CN1CCN(Cc2ccc([N+](=O)[O-])cc2)CC1. The van der Waals surface area contributed by atoms with Gasteiger partial charge >= 0.3 is 0 Å². The first kappa shape index (κ1) is 20.4. The molecule has 0 radical (unpaired) electrons. The molecule has 1 aliphatic rings. The topological polar surface area (TPSA) is 95.9 Å². The van der Waals surface area contributed by atoms with Crippen LogP contribution in [0.25, 0.3) is 0 Å². The molecule has 0 unspecified atom stereocenters. The number of piperazine rings is 1. The Kier molecular flexibility index (Phi) is 7.11. The molecule has 0 amide bonds. The highest BCUT2D eigenvalue weighted by atomic mass is 16.6. The van der Waals surface area contributed by atoms with Crippen LogP contribution in [0.15, 0.2) is 54.6 Å². The Labute approximate surface area is 165 Å². The average molecular weight is 384 g/mol. The van der Waals surface area contributed by atoms with E-state index in [9.17, 15) is 15.2 Å². The first-order valence-electron chi connectivity index (χ1n) is 9.67. The lowest BCUT2D eigenvalue weighted by Crippen LogP contribution is -2.51. The van der Waals surface area contributed by atoms with Crippen LogP contribution in [0.5, 0.6) is 0 Å². The molecule has 1 heterocycles. The van der Waals surface area contributed by atoms with Crippen LogP contribution >= 0.6 is 0 Å². The van der Waals surface area contributed by atoms with E-state index >= 15 is 0 Å². The molecule has 1 fully saturated rings. The lowest BCUT2D eigenvalue weighted by molar-refractivity contribution is -0.384. The van der Waals surface area contributed by atoms with Crippen molar-refractivity contribution < 1.29 is 10.0 Å². The molecule has 3 rings (SSSR count). The van der Waals surface area contributed by atoms with Crippen molar-refractivity contribution in [3.63, 3.8) is 0 Å². The molecule has 1 aliphatic heterocycles. The van der Waals surface area contributed by atoms with Gasteiger partial charge in [-0.25, -0.2) is 0 Å². The van der Waals surface area contributed by atoms with Crippen molar-refractivity contribution in [1.29, 1.82) is 0 Å². The molecule has 7 heteroatoms. The third-order valence-corrected chi connectivity index (χ3v) is 5.27. The molecule has 150 valence electrons. The minimum Gasteiger partial charge on any atom is -0.390 e. The van der Waals surface area contributed by atoms with Crippen LogP contribution in [0.3, 0.4) is 0 Å². The van der Waals surface area contributed by atoms with Gasteiger partial charge in [-0.3, -0.25) is 19.9 Å². The van der Waals surface area contributed by atoms with Gasteiger partial charge in [0.15, 0.2) is 0 Å². The minimum absolute atomic E-state index is 0.120. The molecule has 2 aromatic carbocycles. The van der Waals surface area contributed by atoms with Gasteiger partial charge in [-0.2, -0.15) is 0 Å². The zero-order chi connectivity index (χ0) is 19.9. The Balaban J connectivity index is 1.41. The van der Waals surface area contributed by atoms with E-state index in [0.29, 0.717) is 13.0 Å². The normalized spacial score (nSPS) is 17.9. The van der Waals surface area contributed by atoms with E-state index in [2.05, 4.69) is 9.80 Å². The molecule has 0 aliphatic carbocycles. The number of nitro benzene ring substituents is 1. The van der Waals surface area contributed by atoms with Gasteiger partial charge in [-0.1, -0.05) is 42.5 Å². The first-order chi connectivity index (χ1) is 13.5. The summed E-state index contributed by atoms with van der Waals surface area (Å²) < 4.78 is 0. The molecule has 7 nitrogen and oxygen atoms in total. The largest absolute Gasteiger partial charge is 0.390 e. The summed E-state index contributed by atoms with van der Waals surface area (Å²) in [4.78, 5) is 14.9. The second-order valence-corrected chi connectivity index (χ2v) is 7.42. The Morgan fingerprint density at radius 3 is 2.18 bits per heavy atom. The van der Waals surface area contributed by atoms with Crippen molar-refractivity contribution in [2.45, 2.75) is 25.1 Å². The van der Waals surface area contributed by atoms with E-state index in [0.717, 1.165) is 43.9 Å². The highest BCUT2D eigenvalue weighted by molar-refractivity contribution is 5.32. The van der Waals surface area contributed by atoms with Crippen LogP contribution < -0.4 is 5.73 Å². The fourth-order valence-electron chi connectivity index (χ4n) is 3.53. The highest BCUT2D eigenvalue weighted by Crippen LogP contribution is 2.15. The number of nitrogens with zero attached hydrogens (tertiary/aromatic N) is 3. The number of nitro groups is 1. The van der Waals surface area contributed by atoms with E-state index in [1.165, 1.54) is 0 Å². The van der Waals surface area contributed by atoms with E-state index in [1.54, 1.807) is 12.1 Å². The van der Waals surface area contributed by atoms with Crippen LogP contribution in [0.4, 0.5) is 5.69 Å². The molecule has 0 saturated carbocycles. The zero-order valence-corrected chi connectivity index (χ0v) is 16.0. The number of β-amino-alcohol motifs (C(OH)–C–C–N with tert-alkyl or cyclic N) is 1.